The fourth-order valence-electron chi connectivity index (χ4n) is 2.79. The average Bonchev–Trinajstić information content (AvgIpc) is 2.40. The van der Waals surface area contributed by atoms with Crippen LogP contribution in [0.4, 0.5) is 0 Å². The van der Waals surface area contributed by atoms with E-state index in [4.69, 9.17) is 5.73 Å². The van der Waals surface area contributed by atoms with Gasteiger partial charge in [0.15, 0.2) is 0 Å². The molecule has 0 amide bonds. The largest absolute Gasteiger partial charge is 0.388 e. The fourth-order valence-corrected chi connectivity index (χ4v) is 2.79. The highest BCUT2D eigenvalue weighted by atomic mass is 16.3. The molecule has 0 radical (unpaired) electrons. The summed E-state index contributed by atoms with van der Waals surface area (Å²) in [6.45, 7) is 0.468. The Hall–Kier alpha value is -0.900. The Kier molecular flexibility index (Phi) is 4.38. The molecule has 4 N–H and O–H groups in total. The Morgan fingerprint density at radius 1 is 1.22 bits per heavy atom. The lowest BCUT2D eigenvalue weighted by Crippen LogP contribution is -2.28. The summed E-state index contributed by atoms with van der Waals surface area (Å²) in [5.41, 5.74) is 6.57. The second-order valence-electron chi connectivity index (χ2n) is 5.31. The maximum absolute atomic E-state index is 10.7. The molecular weight excluding hydrogens is 226 g/mol. The molecule has 1 atom stereocenters. The minimum atomic E-state index is -0.698. The van der Waals surface area contributed by atoms with E-state index in [0.29, 0.717) is 13.0 Å². The summed E-state index contributed by atoms with van der Waals surface area (Å²) in [7, 11) is 0. The zero-order valence-electron chi connectivity index (χ0n) is 10.8. The second-order valence-corrected chi connectivity index (χ2v) is 5.31. The molecular formula is C15H23NO2. The van der Waals surface area contributed by atoms with Gasteiger partial charge in [-0.05, 0) is 36.9 Å². The van der Waals surface area contributed by atoms with E-state index in [1.54, 1.807) is 0 Å². The highest BCUT2D eigenvalue weighted by molar-refractivity contribution is 5.30. The van der Waals surface area contributed by atoms with E-state index in [1.807, 2.05) is 24.3 Å². The molecule has 1 aliphatic rings. The van der Waals surface area contributed by atoms with E-state index in [2.05, 4.69) is 0 Å². The van der Waals surface area contributed by atoms with Gasteiger partial charge in [-0.15, -0.1) is 0 Å². The van der Waals surface area contributed by atoms with Crippen LogP contribution in [0, 0.1) is 0 Å². The first-order valence-electron chi connectivity index (χ1n) is 6.87. The van der Waals surface area contributed by atoms with Crippen LogP contribution in [0.3, 0.4) is 0 Å². The molecule has 0 bridgehead atoms. The number of rotatable bonds is 4. The molecule has 18 heavy (non-hydrogen) atoms. The number of hydrogen-bond donors (Lipinski definition) is 3. The first-order valence-corrected chi connectivity index (χ1v) is 6.87. The topological polar surface area (TPSA) is 66.5 Å². The van der Waals surface area contributed by atoms with Crippen molar-refractivity contribution in [2.75, 3.05) is 6.54 Å². The maximum Gasteiger partial charge on any atom is 0.0896 e. The average molecular weight is 249 g/mol. The quantitative estimate of drug-likeness (QED) is 0.766. The van der Waals surface area contributed by atoms with E-state index >= 15 is 0 Å². The third-order valence-electron chi connectivity index (χ3n) is 3.93. The summed E-state index contributed by atoms with van der Waals surface area (Å²) >= 11 is 0. The SMILES string of the molecule is NCCC(O)c1cccc(C2(O)CCCCC2)c1. The molecule has 0 heterocycles. The predicted octanol–water partition coefficient (Wildman–Crippen LogP) is 2.22. The molecule has 0 aromatic heterocycles. The molecule has 1 aromatic carbocycles. The zero-order chi connectivity index (χ0) is 13.0. The molecule has 1 saturated carbocycles. The predicted molar refractivity (Wildman–Crippen MR) is 72.1 cm³/mol. The van der Waals surface area contributed by atoms with Crippen LogP contribution < -0.4 is 5.73 Å². The first kappa shape index (κ1) is 13.5. The molecule has 0 spiro atoms. The summed E-state index contributed by atoms with van der Waals surface area (Å²) in [6.07, 6.45) is 5.03. The fraction of sp³-hybridized carbons (Fsp3) is 0.600. The molecule has 1 aromatic rings. The molecule has 1 unspecified atom stereocenters. The van der Waals surface area contributed by atoms with Crippen LogP contribution in [-0.2, 0) is 5.60 Å². The highest BCUT2D eigenvalue weighted by Crippen LogP contribution is 2.37. The van der Waals surface area contributed by atoms with Crippen LogP contribution in [0.15, 0.2) is 24.3 Å². The van der Waals surface area contributed by atoms with Gasteiger partial charge in [0.1, 0.15) is 0 Å². The smallest absolute Gasteiger partial charge is 0.0896 e. The van der Waals surface area contributed by atoms with Crippen LogP contribution in [0.25, 0.3) is 0 Å². The van der Waals surface area contributed by atoms with Gasteiger partial charge in [-0.25, -0.2) is 0 Å². The standard InChI is InChI=1S/C15H23NO2/c16-10-7-14(17)12-5-4-6-13(11-12)15(18)8-2-1-3-9-15/h4-6,11,14,17-18H,1-3,7-10,16H2. The molecule has 3 heteroatoms. The van der Waals surface area contributed by atoms with Crippen LogP contribution in [0.5, 0.6) is 0 Å². The Labute approximate surface area is 109 Å². The van der Waals surface area contributed by atoms with Crippen LogP contribution >= 0.6 is 0 Å². The summed E-state index contributed by atoms with van der Waals surface area (Å²) < 4.78 is 0. The van der Waals surface area contributed by atoms with Gasteiger partial charge in [0.25, 0.3) is 0 Å². The Morgan fingerprint density at radius 3 is 2.61 bits per heavy atom. The molecule has 100 valence electrons. The summed E-state index contributed by atoms with van der Waals surface area (Å²) in [5, 5.41) is 20.6. The van der Waals surface area contributed by atoms with Gasteiger partial charge in [0.2, 0.25) is 0 Å². The minimum absolute atomic E-state index is 0.468. The monoisotopic (exact) mass is 249 g/mol. The third-order valence-corrected chi connectivity index (χ3v) is 3.93. The van der Waals surface area contributed by atoms with Gasteiger partial charge < -0.3 is 15.9 Å². The lowest BCUT2D eigenvalue weighted by molar-refractivity contribution is -0.000837. The van der Waals surface area contributed by atoms with E-state index in [9.17, 15) is 10.2 Å². The van der Waals surface area contributed by atoms with Crippen molar-refractivity contribution in [2.45, 2.75) is 50.2 Å². The van der Waals surface area contributed by atoms with Gasteiger partial charge in [-0.1, -0.05) is 43.5 Å². The number of benzene rings is 1. The number of hydrogen-bond acceptors (Lipinski definition) is 3. The molecule has 3 nitrogen and oxygen atoms in total. The maximum atomic E-state index is 10.7. The summed E-state index contributed by atoms with van der Waals surface area (Å²) in [6, 6.07) is 7.71. The summed E-state index contributed by atoms with van der Waals surface area (Å²) in [5.74, 6) is 0. The third kappa shape index (κ3) is 2.91. The van der Waals surface area contributed by atoms with Gasteiger partial charge in [-0.3, -0.25) is 0 Å². The Balaban J connectivity index is 2.20. The first-order chi connectivity index (χ1) is 8.65. The number of aliphatic hydroxyl groups excluding tert-OH is 1. The van der Waals surface area contributed by atoms with Crippen LogP contribution in [-0.4, -0.2) is 16.8 Å². The number of aliphatic hydroxyl groups is 2. The Morgan fingerprint density at radius 2 is 1.94 bits per heavy atom. The van der Waals surface area contributed by atoms with Crippen molar-refractivity contribution in [2.24, 2.45) is 5.73 Å². The van der Waals surface area contributed by atoms with Gasteiger partial charge in [-0.2, -0.15) is 0 Å². The Bertz CT molecular complexity index is 386. The highest BCUT2D eigenvalue weighted by Gasteiger charge is 2.31. The normalized spacial score (nSPS) is 20.6. The van der Waals surface area contributed by atoms with Gasteiger partial charge in [0.05, 0.1) is 11.7 Å². The van der Waals surface area contributed by atoms with Crippen molar-refractivity contribution in [1.82, 2.24) is 0 Å². The molecule has 2 rings (SSSR count). The lowest BCUT2D eigenvalue weighted by Gasteiger charge is -2.33. The van der Waals surface area contributed by atoms with E-state index < -0.39 is 11.7 Å². The van der Waals surface area contributed by atoms with Crippen LogP contribution in [0.2, 0.25) is 0 Å². The van der Waals surface area contributed by atoms with Crippen molar-refractivity contribution >= 4 is 0 Å². The van der Waals surface area contributed by atoms with Gasteiger partial charge >= 0.3 is 0 Å². The summed E-state index contributed by atoms with van der Waals surface area (Å²) in [4.78, 5) is 0. The van der Waals surface area contributed by atoms with Crippen molar-refractivity contribution < 1.29 is 10.2 Å². The van der Waals surface area contributed by atoms with Crippen molar-refractivity contribution in [3.05, 3.63) is 35.4 Å². The zero-order valence-corrected chi connectivity index (χ0v) is 10.8. The molecule has 0 aliphatic heterocycles. The van der Waals surface area contributed by atoms with Crippen molar-refractivity contribution in [3.63, 3.8) is 0 Å². The number of nitrogens with two attached hydrogens (primary N) is 1. The molecule has 0 saturated heterocycles. The lowest BCUT2D eigenvalue weighted by atomic mass is 9.79. The van der Waals surface area contributed by atoms with E-state index in [-0.39, 0.29) is 0 Å². The molecule has 1 aliphatic carbocycles. The van der Waals surface area contributed by atoms with Crippen molar-refractivity contribution in [1.29, 1.82) is 0 Å². The molecule has 1 fully saturated rings. The van der Waals surface area contributed by atoms with Crippen molar-refractivity contribution in [3.8, 4) is 0 Å². The second kappa shape index (κ2) is 5.83. The minimum Gasteiger partial charge on any atom is -0.388 e. The van der Waals surface area contributed by atoms with Gasteiger partial charge in [0, 0.05) is 0 Å². The van der Waals surface area contributed by atoms with E-state index in [1.165, 1.54) is 6.42 Å². The van der Waals surface area contributed by atoms with E-state index in [0.717, 1.165) is 36.8 Å². The van der Waals surface area contributed by atoms with Crippen LogP contribution in [0.1, 0.15) is 55.8 Å².